The second-order valence-electron chi connectivity index (χ2n) is 7.25. The molecule has 0 aliphatic carbocycles. The first-order chi connectivity index (χ1) is 13.1. The fourth-order valence-electron chi connectivity index (χ4n) is 3.99. The van der Waals surface area contributed by atoms with Gasteiger partial charge < -0.3 is 14.5 Å². The molecular formula is C20H25N5O2. The van der Waals surface area contributed by atoms with Gasteiger partial charge in [0.25, 0.3) is 0 Å². The van der Waals surface area contributed by atoms with Gasteiger partial charge >= 0.3 is 0 Å². The van der Waals surface area contributed by atoms with Gasteiger partial charge in [-0.05, 0) is 45.2 Å². The molecule has 0 saturated carbocycles. The number of aromatic nitrogens is 3. The Hall–Kier alpha value is -2.70. The van der Waals surface area contributed by atoms with Crippen molar-refractivity contribution in [3.63, 3.8) is 0 Å². The molecule has 4 heterocycles. The number of ether oxygens (including phenoxy) is 1. The zero-order chi connectivity index (χ0) is 18.8. The Morgan fingerprint density at radius 1 is 1.15 bits per heavy atom. The lowest BCUT2D eigenvalue weighted by atomic mass is 10.0. The van der Waals surface area contributed by atoms with E-state index in [-0.39, 0.29) is 11.9 Å². The molecule has 7 heteroatoms. The minimum Gasteiger partial charge on any atom is -0.437 e. The number of carbonyl (C=O) groups is 1. The van der Waals surface area contributed by atoms with E-state index in [1.165, 1.54) is 0 Å². The second-order valence-corrected chi connectivity index (χ2v) is 7.25. The number of rotatable bonds is 4. The number of pyridine rings is 1. The molecule has 2 fully saturated rings. The van der Waals surface area contributed by atoms with E-state index >= 15 is 0 Å². The van der Waals surface area contributed by atoms with Crippen molar-refractivity contribution in [3.8, 4) is 11.6 Å². The van der Waals surface area contributed by atoms with Crippen LogP contribution in [-0.2, 0) is 4.79 Å². The smallest absolute Gasteiger partial charge is 0.227 e. The Labute approximate surface area is 159 Å². The van der Waals surface area contributed by atoms with Crippen LogP contribution >= 0.6 is 0 Å². The Bertz CT molecular complexity index is 841. The Morgan fingerprint density at radius 2 is 2.04 bits per heavy atom. The third kappa shape index (κ3) is 3.59. The Kier molecular flexibility index (Phi) is 4.92. The summed E-state index contributed by atoms with van der Waals surface area (Å²) in [5.41, 5.74) is 1.73. The first kappa shape index (κ1) is 17.7. The zero-order valence-electron chi connectivity index (χ0n) is 15.9. The summed E-state index contributed by atoms with van der Waals surface area (Å²) in [7, 11) is 0. The molecule has 0 aromatic carbocycles. The highest BCUT2D eigenvalue weighted by Gasteiger charge is 2.32. The molecule has 0 radical (unpaired) electrons. The third-order valence-corrected chi connectivity index (χ3v) is 5.42. The standard InChI is InChI=1S/C20H25N5O2/c1-14-19(22-13-23-20(14)27-17-7-3-9-21-15(17)2)24-10-4-6-16(12-24)25-11-5-8-18(25)26/h3,7,9,13,16H,4-6,8,10-12H2,1-2H3/t16-/m0/s1. The molecule has 2 aromatic heterocycles. The fourth-order valence-corrected chi connectivity index (χ4v) is 3.99. The topological polar surface area (TPSA) is 71.5 Å². The van der Waals surface area contributed by atoms with Gasteiger partial charge in [0.05, 0.1) is 11.3 Å². The minimum absolute atomic E-state index is 0.271. The monoisotopic (exact) mass is 367 g/mol. The molecule has 0 N–H and O–H groups in total. The highest BCUT2D eigenvalue weighted by molar-refractivity contribution is 5.78. The van der Waals surface area contributed by atoms with Crippen molar-refractivity contribution in [1.82, 2.24) is 19.9 Å². The molecule has 1 amide bonds. The van der Waals surface area contributed by atoms with Gasteiger partial charge in [0, 0.05) is 38.3 Å². The lowest BCUT2D eigenvalue weighted by Gasteiger charge is -2.38. The Morgan fingerprint density at radius 3 is 2.81 bits per heavy atom. The van der Waals surface area contributed by atoms with Gasteiger partial charge in [-0.1, -0.05) is 0 Å². The average molecular weight is 367 g/mol. The molecule has 0 bridgehead atoms. The number of aryl methyl sites for hydroxylation is 1. The van der Waals surface area contributed by atoms with Crippen LogP contribution in [0.5, 0.6) is 11.6 Å². The van der Waals surface area contributed by atoms with Gasteiger partial charge in [0.15, 0.2) is 5.75 Å². The maximum absolute atomic E-state index is 12.1. The number of amides is 1. The van der Waals surface area contributed by atoms with Crippen molar-refractivity contribution < 1.29 is 9.53 Å². The normalized spacial score (nSPS) is 20.2. The van der Waals surface area contributed by atoms with Gasteiger partial charge in [-0.15, -0.1) is 0 Å². The van der Waals surface area contributed by atoms with E-state index in [1.807, 2.05) is 26.0 Å². The van der Waals surface area contributed by atoms with Crippen LogP contribution in [0.25, 0.3) is 0 Å². The van der Waals surface area contributed by atoms with Gasteiger partial charge in [0.1, 0.15) is 12.1 Å². The highest BCUT2D eigenvalue weighted by atomic mass is 16.5. The van der Waals surface area contributed by atoms with Crippen molar-refractivity contribution >= 4 is 11.7 Å². The van der Waals surface area contributed by atoms with Gasteiger partial charge in [-0.25, -0.2) is 9.97 Å². The molecule has 1 atom stereocenters. The number of hydrogen-bond donors (Lipinski definition) is 0. The van der Waals surface area contributed by atoms with E-state index < -0.39 is 0 Å². The van der Waals surface area contributed by atoms with E-state index in [9.17, 15) is 4.79 Å². The molecule has 0 spiro atoms. The van der Waals surface area contributed by atoms with E-state index in [0.29, 0.717) is 18.1 Å². The van der Waals surface area contributed by atoms with Crippen molar-refractivity contribution in [2.75, 3.05) is 24.5 Å². The number of anilines is 1. The summed E-state index contributed by atoms with van der Waals surface area (Å²) in [5, 5.41) is 0. The summed E-state index contributed by atoms with van der Waals surface area (Å²) in [4.78, 5) is 29.6. The largest absolute Gasteiger partial charge is 0.437 e. The maximum atomic E-state index is 12.1. The maximum Gasteiger partial charge on any atom is 0.227 e. The van der Waals surface area contributed by atoms with Gasteiger partial charge in [-0.2, -0.15) is 0 Å². The number of hydrogen-bond acceptors (Lipinski definition) is 6. The summed E-state index contributed by atoms with van der Waals surface area (Å²) < 4.78 is 6.01. The van der Waals surface area contributed by atoms with E-state index in [0.717, 1.165) is 56.0 Å². The molecule has 2 aliphatic rings. The van der Waals surface area contributed by atoms with E-state index in [4.69, 9.17) is 4.74 Å². The lowest BCUT2D eigenvalue weighted by Crippen LogP contribution is -2.48. The van der Waals surface area contributed by atoms with Crippen LogP contribution in [-0.4, -0.2) is 51.4 Å². The molecule has 0 unspecified atom stereocenters. The molecular weight excluding hydrogens is 342 g/mol. The minimum atomic E-state index is 0.271. The third-order valence-electron chi connectivity index (χ3n) is 5.42. The van der Waals surface area contributed by atoms with Crippen molar-refractivity contribution in [2.45, 2.75) is 45.6 Å². The SMILES string of the molecule is Cc1ncccc1Oc1ncnc(N2CCC[C@H](N3CCCC3=O)C2)c1C. The number of carbonyl (C=O) groups excluding carboxylic acids is 1. The Balaban J connectivity index is 1.55. The first-order valence-electron chi connectivity index (χ1n) is 9.59. The van der Waals surface area contributed by atoms with Crippen LogP contribution in [0.3, 0.4) is 0 Å². The average Bonchev–Trinajstić information content (AvgIpc) is 3.11. The van der Waals surface area contributed by atoms with Crippen LogP contribution in [0.15, 0.2) is 24.7 Å². The van der Waals surface area contributed by atoms with Crippen LogP contribution < -0.4 is 9.64 Å². The van der Waals surface area contributed by atoms with Crippen LogP contribution in [0, 0.1) is 13.8 Å². The number of piperidine rings is 1. The van der Waals surface area contributed by atoms with E-state index in [1.54, 1.807) is 12.5 Å². The predicted molar refractivity (Wildman–Crippen MR) is 102 cm³/mol. The highest BCUT2D eigenvalue weighted by Crippen LogP contribution is 2.31. The van der Waals surface area contributed by atoms with Gasteiger partial charge in [0.2, 0.25) is 11.8 Å². The summed E-state index contributed by atoms with van der Waals surface area (Å²) in [5.74, 6) is 2.43. The lowest BCUT2D eigenvalue weighted by molar-refractivity contribution is -0.129. The van der Waals surface area contributed by atoms with Crippen LogP contribution in [0.2, 0.25) is 0 Å². The second kappa shape index (κ2) is 7.50. The van der Waals surface area contributed by atoms with Crippen molar-refractivity contribution in [3.05, 3.63) is 35.9 Å². The molecule has 2 aliphatic heterocycles. The summed E-state index contributed by atoms with van der Waals surface area (Å²) in [6.45, 7) is 6.53. The molecule has 2 saturated heterocycles. The zero-order valence-corrected chi connectivity index (χ0v) is 15.9. The summed E-state index contributed by atoms with van der Waals surface area (Å²) >= 11 is 0. The van der Waals surface area contributed by atoms with E-state index in [2.05, 4.69) is 24.8 Å². The number of likely N-dealkylation sites (tertiary alicyclic amines) is 1. The molecule has 27 heavy (non-hydrogen) atoms. The van der Waals surface area contributed by atoms with Crippen LogP contribution in [0.1, 0.15) is 36.9 Å². The van der Waals surface area contributed by atoms with Crippen LogP contribution in [0.4, 0.5) is 5.82 Å². The summed E-state index contributed by atoms with van der Waals surface area (Å²) in [6, 6.07) is 4.01. The fraction of sp³-hybridized carbons (Fsp3) is 0.500. The van der Waals surface area contributed by atoms with Crippen molar-refractivity contribution in [2.24, 2.45) is 0 Å². The molecule has 7 nitrogen and oxygen atoms in total. The van der Waals surface area contributed by atoms with Crippen molar-refractivity contribution in [1.29, 1.82) is 0 Å². The summed E-state index contributed by atoms with van der Waals surface area (Å²) in [6.07, 6.45) is 7.07. The predicted octanol–water partition coefficient (Wildman–Crippen LogP) is 2.87. The van der Waals surface area contributed by atoms with Gasteiger partial charge in [-0.3, -0.25) is 9.78 Å². The number of nitrogens with zero attached hydrogens (tertiary/aromatic N) is 5. The molecule has 2 aromatic rings. The molecule has 4 rings (SSSR count). The first-order valence-corrected chi connectivity index (χ1v) is 9.59. The quantitative estimate of drug-likeness (QED) is 0.827. The molecule has 142 valence electrons.